The maximum Gasteiger partial charge on any atom is 0.337 e. The number of anilines is 1. The average molecular weight is 310 g/mol. The lowest BCUT2D eigenvalue weighted by atomic mass is 10.1. The van der Waals surface area contributed by atoms with E-state index < -0.39 is 5.97 Å². The van der Waals surface area contributed by atoms with Crippen molar-refractivity contribution in [3.8, 4) is 0 Å². The predicted octanol–water partition coefficient (Wildman–Crippen LogP) is 4.35. The van der Waals surface area contributed by atoms with Crippen LogP contribution in [0.3, 0.4) is 0 Å². The SMILES string of the molecule is O=C(O)c1ccc(NCCc2ccc(Cl)cc2)cc1Cl. The largest absolute Gasteiger partial charge is 0.478 e. The van der Waals surface area contributed by atoms with E-state index in [4.69, 9.17) is 28.3 Å². The molecular weight excluding hydrogens is 297 g/mol. The third-order valence-electron chi connectivity index (χ3n) is 2.86. The van der Waals surface area contributed by atoms with E-state index in [1.807, 2.05) is 24.3 Å². The van der Waals surface area contributed by atoms with Crippen molar-refractivity contribution >= 4 is 34.9 Å². The van der Waals surface area contributed by atoms with Crippen LogP contribution in [0.15, 0.2) is 42.5 Å². The highest BCUT2D eigenvalue weighted by atomic mass is 35.5. The van der Waals surface area contributed by atoms with E-state index in [9.17, 15) is 4.79 Å². The van der Waals surface area contributed by atoms with Crippen molar-refractivity contribution in [2.24, 2.45) is 0 Å². The third-order valence-corrected chi connectivity index (χ3v) is 3.42. The second-order valence-corrected chi connectivity index (χ2v) is 5.15. The molecule has 2 aromatic carbocycles. The normalized spacial score (nSPS) is 10.3. The smallest absolute Gasteiger partial charge is 0.337 e. The van der Waals surface area contributed by atoms with Crippen molar-refractivity contribution in [1.29, 1.82) is 0 Å². The molecule has 0 spiro atoms. The Balaban J connectivity index is 1.92. The van der Waals surface area contributed by atoms with Crippen molar-refractivity contribution in [2.75, 3.05) is 11.9 Å². The minimum absolute atomic E-state index is 0.106. The van der Waals surface area contributed by atoms with Crippen LogP contribution in [0.25, 0.3) is 0 Å². The van der Waals surface area contributed by atoms with Gasteiger partial charge in [0.25, 0.3) is 0 Å². The topological polar surface area (TPSA) is 49.3 Å². The first-order valence-corrected chi connectivity index (χ1v) is 6.83. The Hall–Kier alpha value is -1.71. The van der Waals surface area contributed by atoms with Crippen molar-refractivity contribution in [3.05, 3.63) is 63.6 Å². The van der Waals surface area contributed by atoms with E-state index >= 15 is 0 Å². The molecule has 0 bridgehead atoms. The molecule has 3 nitrogen and oxygen atoms in total. The molecule has 0 fully saturated rings. The number of rotatable bonds is 5. The van der Waals surface area contributed by atoms with E-state index in [0.717, 1.165) is 23.7 Å². The zero-order valence-corrected chi connectivity index (χ0v) is 12.1. The maximum atomic E-state index is 10.8. The Morgan fingerprint density at radius 2 is 1.80 bits per heavy atom. The first-order chi connectivity index (χ1) is 9.56. The zero-order chi connectivity index (χ0) is 14.5. The highest BCUT2D eigenvalue weighted by molar-refractivity contribution is 6.33. The van der Waals surface area contributed by atoms with Gasteiger partial charge in [-0.2, -0.15) is 0 Å². The molecule has 0 saturated heterocycles. The van der Waals surface area contributed by atoms with Crippen LogP contribution in [0.1, 0.15) is 15.9 Å². The van der Waals surface area contributed by atoms with Gasteiger partial charge in [0.15, 0.2) is 0 Å². The summed E-state index contributed by atoms with van der Waals surface area (Å²) in [5, 5.41) is 13.0. The highest BCUT2D eigenvalue weighted by Crippen LogP contribution is 2.21. The van der Waals surface area contributed by atoms with Crippen LogP contribution in [0.4, 0.5) is 5.69 Å². The van der Waals surface area contributed by atoms with Crippen LogP contribution >= 0.6 is 23.2 Å². The van der Waals surface area contributed by atoms with E-state index in [0.29, 0.717) is 0 Å². The van der Waals surface area contributed by atoms with Crippen molar-refractivity contribution in [1.82, 2.24) is 0 Å². The van der Waals surface area contributed by atoms with Crippen LogP contribution in [0.5, 0.6) is 0 Å². The Bertz CT molecular complexity index is 612. The van der Waals surface area contributed by atoms with Crippen LogP contribution in [-0.4, -0.2) is 17.6 Å². The zero-order valence-electron chi connectivity index (χ0n) is 10.6. The Labute approximate surface area is 127 Å². The lowest BCUT2D eigenvalue weighted by Crippen LogP contribution is -2.05. The van der Waals surface area contributed by atoms with Gasteiger partial charge in [-0.1, -0.05) is 35.3 Å². The standard InChI is InChI=1S/C15H13Cl2NO2/c16-11-3-1-10(2-4-11)7-8-18-12-5-6-13(15(19)20)14(17)9-12/h1-6,9,18H,7-8H2,(H,19,20). The lowest BCUT2D eigenvalue weighted by Gasteiger charge is -2.08. The molecule has 0 amide bonds. The van der Waals surface area contributed by atoms with Crippen LogP contribution in [0, 0.1) is 0 Å². The number of nitrogens with one attached hydrogen (secondary N) is 1. The first-order valence-electron chi connectivity index (χ1n) is 6.07. The fourth-order valence-electron chi connectivity index (χ4n) is 1.80. The van der Waals surface area contributed by atoms with E-state index in [-0.39, 0.29) is 10.6 Å². The second-order valence-electron chi connectivity index (χ2n) is 4.30. The average Bonchev–Trinajstić information content (AvgIpc) is 2.41. The Kier molecular flexibility index (Phi) is 4.88. The molecule has 0 radical (unpaired) electrons. The molecule has 2 N–H and O–H groups in total. The number of hydrogen-bond donors (Lipinski definition) is 2. The van der Waals surface area contributed by atoms with Crippen LogP contribution < -0.4 is 5.32 Å². The molecule has 0 saturated carbocycles. The molecule has 0 aliphatic heterocycles. The van der Waals surface area contributed by atoms with Crippen LogP contribution in [0.2, 0.25) is 10.0 Å². The van der Waals surface area contributed by atoms with Gasteiger partial charge in [0.2, 0.25) is 0 Å². The number of carboxylic acids is 1. The number of halogens is 2. The lowest BCUT2D eigenvalue weighted by molar-refractivity contribution is 0.0697. The number of carbonyl (C=O) groups is 1. The van der Waals surface area contributed by atoms with Gasteiger partial charge in [0, 0.05) is 17.3 Å². The summed E-state index contributed by atoms with van der Waals surface area (Å²) in [5.74, 6) is -1.03. The summed E-state index contributed by atoms with van der Waals surface area (Å²) in [6.07, 6.45) is 0.843. The number of aromatic carboxylic acids is 1. The van der Waals surface area contributed by atoms with Gasteiger partial charge < -0.3 is 10.4 Å². The molecule has 0 unspecified atom stereocenters. The molecule has 5 heteroatoms. The highest BCUT2D eigenvalue weighted by Gasteiger charge is 2.08. The quantitative estimate of drug-likeness (QED) is 0.863. The first kappa shape index (κ1) is 14.7. The van der Waals surface area contributed by atoms with Crippen molar-refractivity contribution in [2.45, 2.75) is 6.42 Å². The fourth-order valence-corrected chi connectivity index (χ4v) is 2.19. The predicted molar refractivity (Wildman–Crippen MR) is 82.1 cm³/mol. The van der Waals surface area contributed by atoms with Gasteiger partial charge >= 0.3 is 5.97 Å². The van der Waals surface area contributed by atoms with Gasteiger partial charge in [-0.3, -0.25) is 0 Å². The summed E-state index contributed by atoms with van der Waals surface area (Å²) in [4.78, 5) is 10.8. The summed E-state index contributed by atoms with van der Waals surface area (Å²) in [6.45, 7) is 0.727. The van der Waals surface area contributed by atoms with Gasteiger partial charge in [-0.15, -0.1) is 0 Å². The molecule has 104 valence electrons. The van der Waals surface area contributed by atoms with Gasteiger partial charge in [0.1, 0.15) is 0 Å². The molecule has 0 aromatic heterocycles. The summed E-state index contributed by atoms with van der Waals surface area (Å²) >= 11 is 11.7. The molecule has 0 aliphatic carbocycles. The Morgan fingerprint density at radius 1 is 1.10 bits per heavy atom. The minimum Gasteiger partial charge on any atom is -0.478 e. The van der Waals surface area contributed by atoms with Gasteiger partial charge in [-0.05, 0) is 42.3 Å². The van der Waals surface area contributed by atoms with Crippen molar-refractivity contribution < 1.29 is 9.90 Å². The summed E-state index contributed by atoms with van der Waals surface area (Å²) in [6, 6.07) is 12.5. The van der Waals surface area contributed by atoms with E-state index in [1.54, 1.807) is 12.1 Å². The molecule has 2 rings (SSSR count). The Morgan fingerprint density at radius 3 is 2.40 bits per heavy atom. The number of benzene rings is 2. The van der Waals surface area contributed by atoms with E-state index in [1.165, 1.54) is 11.6 Å². The summed E-state index contributed by atoms with van der Waals surface area (Å²) < 4.78 is 0. The van der Waals surface area contributed by atoms with Crippen molar-refractivity contribution in [3.63, 3.8) is 0 Å². The molecular formula is C15H13Cl2NO2. The molecule has 2 aromatic rings. The maximum absolute atomic E-state index is 10.8. The summed E-state index contributed by atoms with van der Waals surface area (Å²) in [7, 11) is 0. The monoisotopic (exact) mass is 309 g/mol. The van der Waals surface area contributed by atoms with Gasteiger partial charge in [0.05, 0.1) is 10.6 Å². The fraction of sp³-hybridized carbons (Fsp3) is 0.133. The number of hydrogen-bond acceptors (Lipinski definition) is 2. The minimum atomic E-state index is -1.03. The number of carboxylic acid groups (broad SMARTS) is 1. The van der Waals surface area contributed by atoms with Crippen LogP contribution in [-0.2, 0) is 6.42 Å². The third kappa shape index (κ3) is 3.89. The molecule has 0 aliphatic rings. The molecule has 0 heterocycles. The van der Waals surface area contributed by atoms with E-state index in [2.05, 4.69) is 5.32 Å². The summed E-state index contributed by atoms with van der Waals surface area (Å²) in [5.41, 5.74) is 2.08. The van der Waals surface area contributed by atoms with Gasteiger partial charge in [-0.25, -0.2) is 4.79 Å². The molecule has 0 atom stereocenters. The molecule has 20 heavy (non-hydrogen) atoms. The second kappa shape index (κ2) is 6.64.